The molecule has 2 aliphatic rings. The van der Waals surface area contributed by atoms with Gasteiger partial charge in [-0.1, -0.05) is 35.9 Å². The molecule has 1 fully saturated rings. The Hall–Kier alpha value is -3.17. The first-order valence-corrected chi connectivity index (χ1v) is 10.9. The van der Waals surface area contributed by atoms with Crippen molar-refractivity contribution in [1.82, 2.24) is 25.1 Å². The summed E-state index contributed by atoms with van der Waals surface area (Å²) in [4.78, 5) is 13.9. The normalized spacial score (nSPS) is 17.4. The van der Waals surface area contributed by atoms with Crippen molar-refractivity contribution < 1.29 is 14.3 Å². The van der Waals surface area contributed by atoms with Gasteiger partial charge in [-0.25, -0.2) is 4.68 Å². The van der Waals surface area contributed by atoms with Crippen LogP contribution in [0.4, 0.5) is 0 Å². The molecule has 0 aliphatic carbocycles. The Morgan fingerprint density at radius 1 is 1.16 bits per heavy atom. The smallest absolute Gasteiger partial charge is 0.231 e. The van der Waals surface area contributed by atoms with E-state index >= 15 is 0 Å². The van der Waals surface area contributed by atoms with Gasteiger partial charge in [-0.3, -0.25) is 9.69 Å². The highest BCUT2D eigenvalue weighted by molar-refractivity contribution is 6.31. The molecule has 3 heterocycles. The molecule has 1 amide bonds. The van der Waals surface area contributed by atoms with Gasteiger partial charge in [-0.05, 0) is 65.7 Å². The molecule has 32 heavy (non-hydrogen) atoms. The number of nitrogens with zero attached hydrogens (tertiary/aromatic N) is 5. The summed E-state index contributed by atoms with van der Waals surface area (Å²) in [5.74, 6) is 1.79. The maximum absolute atomic E-state index is 11.6. The number of piperidine rings is 1. The Labute approximate surface area is 190 Å². The third-order valence-electron chi connectivity index (χ3n) is 6.07. The number of nitrogens with two attached hydrogens (primary N) is 1. The van der Waals surface area contributed by atoms with E-state index < -0.39 is 0 Å². The number of primary amides is 1. The van der Waals surface area contributed by atoms with E-state index in [1.807, 2.05) is 42.5 Å². The molecule has 0 saturated carbocycles. The molecule has 0 radical (unpaired) electrons. The van der Waals surface area contributed by atoms with E-state index in [1.165, 1.54) is 0 Å². The van der Waals surface area contributed by atoms with Crippen LogP contribution in [-0.2, 0) is 11.3 Å². The Bertz CT molecular complexity index is 1130. The molecular formula is C22H23ClN6O3. The molecule has 10 heteroatoms. The van der Waals surface area contributed by atoms with Crippen LogP contribution in [0.3, 0.4) is 0 Å². The second-order valence-electron chi connectivity index (χ2n) is 8.02. The summed E-state index contributed by atoms with van der Waals surface area (Å²) in [6, 6.07) is 13.3. The van der Waals surface area contributed by atoms with E-state index in [0.29, 0.717) is 49.1 Å². The first-order valence-electron chi connectivity index (χ1n) is 10.5. The molecule has 1 atom stereocenters. The van der Waals surface area contributed by atoms with Crippen LogP contribution in [0.1, 0.15) is 35.8 Å². The van der Waals surface area contributed by atoms with Crippen molar-refractivity contribution in [3.8, 4) is 11.5 Å². The molecule has 1 saturated heterocycles. The number of aromatic nitrogens is 4. The third-order valence-corrected chi connectivity index (χ3v) is 6.41. The summed E-state index contributed by atoms with van der Waals surface area (Å²) in [5, 5.41) is 13.3. The summed E-state index contributed by atoms with van der Waals surface area (Å²) in [6.45, 7) is 2.09. The van der Waals surface area contributed by atoms with Crippen LogP contribution in [-0.4, -0.2) is 50.9 Å². The second-order valence-corrected chi connectivity index (χ2v) is 8.43. The largest absolute Gasteiger partial charge is 0.454 e. The second kappa shape index (κ2) is 8.76. The van der Waals surface area contributed by atoms with Gasteiger partial charge in [-0.2, -0.15) is 0 Å². The minimum absolute atomic E-state index is 0.109. The number of amides is 1. The van der Waals surface area contributed by atoms with Crippen LogP contribution in [0.2, 0.25) is 5.02 Å². The van der Waals surface area contributed by atoms with Crippen molar-refractivity contribution in [1.29, 1.82) is 0 Å². The Balaban J connectivity index is 1.47. The number of hydrogen-bond acceptors (Lipinski definition) is 7. The fourth-order valence-electron chi connectivity index (χ4n) is 4.37. The van der Waals surface area contributed by atoms with E-state index in [0.717, 1.165) is 16.9 Å². The molecule has 3 aromatic rings. The minimum atomic E-state index is -0.249. The fourth-order valence-corrected chi connectivity index (χ4v) is 4.61. The average molecular weight is 455 g/mol. The first-order chi connectivity index (χ1) is 15.6. The van der Waals surface area contributed by atoms with Crippen molar-refractivity contribution in [3.63, 3.8) is 0 Å². The molecular weight excluding hydrogens is 432 g/mol. The Morgan fingerprint density at radius 2 is 1.94 bits per heavy atom. The monoisotopic (exact) mass is 454 g/mol. The molecule has 0 bridgehead atoms. The van der Waals surface area contributed by atoms with Crippen molar-refractivity contribution in [3.05, 3.63) is 64.4 Å². The molecule has 5 rings (SSSR count). The topological polar surface area (TPSA) is 108 Å². The number of ether oxygens (including phenoxy) is 2. The summed E-state index contributed by atoms with van der Waals surface area (Å²) >= 11 is 6.60. The molecule has 0 spiro atoms. The summed E-state index contributed by atoms with van der Waals surface area (Å²) in [5.41, 5.74) is 7.45. The lowest BCUT2D eigenvalue weighted by Gasteiger charge is -2.36. The number of rotatable bonds is 6. The van der Waals surface area contributed by atoms with Gasteiger partial charge in [0.2, 0.25) is 12.7 Å². The third kappa shape index (κ3) is 4.01. The standard InChI is InChI=1S/C22H23ClN6O3/c23-17-4-2-1-3-16(17)20(28-9-7-15(8-10-28)21(24)30)22-25-26-27-29(22)12-14-5-6-18-19(11-14)32-13-31-18/h1-6,11,15,20H,7-10,12-13H2,(H2,24,30)/t20-/m1/s1. The lowest BCUT2D eigenvalue weighted by atomic mass is 9.93. The molecule has 2 aliphatic heterocycles. The first kappa shape index (κ1) is 20.7. The maximum Gasteiger partial charge on any atom is 0.231 e. The number of hydrogen-bond donors (Lipinski definition) is 1. The quantitative estimate of drug-likeness (QED) is 0.609. The minimum Gasteiger partial charge on any atom is -0.454 e. The van der Waals surface area contributed by atoms with Crippen LogP contribution >= 0.6 is 11.6 Å². The van der Waals surface area contributed by atoms with Crippen LogP contribution in [0.5, 0.6) is 11.5 Å². The van der Waals surface area contributed by atoms with E-state index in [9.17, 15) is 4.79 Å². The number of carbonyl (C=O) groups is 1. The van der Waals surface area contributed by atoms with Gasteiger partial charge in [-0.15, -0.1) is 5.10 Å². The summed E-state index contributed by atoms with van der Waals surface area (Å²) in [7, 11) is 0. The zero-order chi connectivity index (χ0) is 22.1. The van der Waals surface area contributed by atoms with E-state index in [1.54, 1.807) is 4.68 Å². The lowest BCUT2D eigenvalue weighted by molar-refractivity contribution is -0.123. The average Bonchev–Trinajstić information content (AvgIpc) is 3.45. The predicted molar refractivity (Wildman–Crippen MR) is 116 cm³/mol. The molecule has 1 aromatic heterocycles. The Kier molecular flexibility index (Phi) is 5.67. The van der Waals surface area contributed by atoms with Gasteiger partial charge in [0.1, 0.15) is 0 Å². The molecule has 2 aromatic carbocycles. The van der Waals surface area contributed by atoms with Gasteiger partial charge >= 0.3 is 0 Å². The fraction of sp³-hybridized carbons (Fsp3) is 0.364. The van der Waals surface area contributed by atoms with Crippen molar-refractivity contribution in [2.45, 2.75) is 25.4 Å². The SMILES string of the molecule is NC(=O)C1CCN([C@H](c2ccccc2Cl)c2nnnn2Cc2ccc3c(c2)OCO3)CC1. The zero-order valence-corrected chi connectivity index (χ0v) is 18.1. The molecule has 166 valence electrons. The van der Waals surface area contributed by atoms with Crippen molar-refractivity contribution in [2.24, 2.45) is 11.7 Å². The van der Waals surface area contributed by atoms with E-state index in [-0.39, 0.29) is 24.7 Å². The highest BCUT2D eigenvalue weighted by Gasteiger charge is 2.33. The van der Waals surface area contributed by atoms with Crippen LogP contribution in [0, 0.1) is 5.92 Å². The number of likely N-dealkylation sites (tertiary alicyclic amines) is 1. The van der Waals surface area contributed by atoms with Crippen LogP contribution in [0.15, 0.2) is 42.5 Å². The lowest BCUT2D eigenvalue weighted by Crippen LogP contribution is -2.41. The van der Waals surface area contributed by atoms with Crippen LogP contribution < -0.4 is 15.2 Å². The van der Waals surface area contributed by atoms with E-state index in [4.69, 9.17) is 26.8 Å². The van der Waals surface area contributed by atoms with Crippen molar-refractivity contribution >= 4 is 17.5 Å². The number of halogens is 1. The number of fused-ring (bicyclic) bond motifs is 1. The van der Waals surface area contributed by atoms with Crippen LogP contribution in [0.25, 0.3) is 0 Å². The highest BCUT2D eigenvalue weighted by Crippen LogP contribution is 2.36. The summed E-state index contributed by atoms with van der Waals surface area (Å²) < 4.78 is 12.7. The molecule has 0 unspecified atom stereocenters. The van der Waals surface area contributed by atoms with Gasteiger partial charge in [0.25, 0.3) is 0 Å². The van der Waals surface area contributed by atoms with E-state index in [2.05, 4.69) is 20.4 Å². The number of carbonyl (C=O) groups excluding carboxylic acids is 1. The molecule has 2 N–H and O–H groups in total. The zero-order valence-electron chi connectivity index (χ0n) is 17.4. The summed E-state index contributed by atoms with van der Waals surface area (Å²) in [6.07, 6.45) is 1.39. The van der Waals surface area contributed by atoms with Gasteiger partial charge in [0.15, 0.2) is 17.3 Å². The van der Waals surface area contributed by atoms with Crippen molar-refractivity contribution in [2.75, 3.05) is 19.9 Å². The van der Waals surface area contributed by atoms with Gasteiger partial charge < -0.3 is 15.2 Å². The van der Waals surface area contributed by atoms with Gasteiger partial charge in [0.05, 0.1) is 12.6 Å². The predicted octanol–water partition coefficient (Wildman–Crippen LogP) is 2.39. The highest BCUT2D eigenvalue weighted by atomic mass is 35.5. The maximum atomic E-state index is 11.6. The van der Waals surface area contributed by atoms with Gasteiger partial charge in [0, 0.05) is 10.9 Å². The number of tetrazole rings is 1. The number of benzene rings is 2. The molecule has 9 nitrogen and oxygen atoms in total. The Morgan fingerprint density at radius 3 is 2.72 bits per heavy atom.